The molecule has 0 aliphatic rings. The van der Waals surface area contributed by atoms with E-state index in [-0.39, 0.29) is 17.9 Å². The number of carbonyl (C=O) groups excluding carboxylic acids is 1. The fourth-order valence-corrected chi connectivity index (χ4v) is 1.85. The summed E-state index contributed by atoms with van der Waals surface area (Å²) in [5, 5.41) is 9.43. The molecule has 7 nitrogen and oxygen atoms in total. The van der Waals surface area contributed by atoms with Crippen LogP contribution in [0.2, 0.25) is 0 Å². The first-order valence-electron chi connectivity index (χ1n) is 6.54. The Kier molecular flexibility index (Phi) is 4.46. The van der Waals surface area contributed by atoms with Gasteiger partial charge in [-0.3, -0.25) is 9.89 Å². The lowest BCUT2D eigenvalue weighted by Crippen LogP contribution is -2.28. The van der Waals surface area contributed by atoms with Gasteiger partial charge in [-0.15, -0.1) is 0 Å². The Morgan fingerprint density at radius 3 is 2.90 bits per heavy atom. The van der Waals surface area contributed by atoms with Crippen LogP contribution in [0.15, 0.2) is 12.3 Å². The highest BCUT2D eigenvalue weighted by Crippen LogP contribution is 2.17. The van der Waals surface area contributed by atoms with Gasteiger partial charge < -0.3 is 10.2 Å². The van der Waals surface area contributed by atoms with Crippen molar-refractivity contribution in [3.8, 4) is 0 Å². The lowest BCUT2D eigenvalue weighted by Gasteiger charge is -2.16. The van der Waals surface area contributed by atoms with E-state index < -0.39 is 11.7 Å². The van der Waals surface area contributed by atoms with Gasteiger partial charge in [0.15, 0.2) is 17.5 Å². The maximum Gasteiger partial charge on any atom is 0.257 e. The summed E-state index contributed by atoms with van der Waals surface area (Å²) >= 11 is 0. The molecule has 0 aliphatic carbocycles. The summed E-state index contributed by atoms with van der Waals surface area (Å²) < 4.78 is 14.2. The lowest BCUT2D eigenvalue weighted by molar-refractivity contribution is 0.0777. The molecule has 0 fully saturated rings. The monoisotopic (exact) mass is 292 g/mol. The number of H-pyrrole nitrogens is 1. The first-order chi connectivity index (χ1) is 10.0. The van der Waals surface area contributed by atoms with Crippen LogP contribution in [-0.2, 0) is 6.54 Å². The second-order valence-corrected chi connectivity index (χ2v) is 4.55. The molecule has 112 valence electrons. The van der Waals surface area contributed by atoms with E-state index in [9.17, 15) is 9.18 Å². The number of aromatic amines is 1. The zero-order valence-electron chi connectivity index (χ0n) is 12.1. The molecule has 1 amide bonds. The molecule has 0 radical (unpaired) electrons. The van der Waals surface area contributed by atoms with Gasteiger partial charge in [-0.2, -0.15) is 5.10 Å². The highest BCUT2D eigenvalue weighted by molar-refractivity contribution is 5.95. The van der Waals surface area contributed by atoms with Crippen molar-refractivity contribution in [3.05, 3.63) is 35.3 Å². The summed E-state index contributed by atoms with van der Waals surface area (Å²) in [5.74, 6) is 0.115. The standard InChI is InChI=1S/C13H17FN6O/c1-4-15-12-11(14)9(5-6-16-12)13(21)20(3)7-10-17-8(2)18-19-10/h5-6H,4,7H2,1-3H3,(H,15,16)(H,17,18,19). The van der Waals surface area contributed by atoms with E-state index in [2.05, 4.69) is 25.5 Å². The Morgan fingerprint density at radius 1 is 1.52 bits per heavy atom. The highest BCUT2D eigenvalue weighted by atomic mass is 19.1. The van der Waals surface area contributed by atoms with E-state index in [0.717, 1.165) is 0 Å². The van der Waals surface area contributed by atoms with Crippen LogP contribution in [0.4, 0.5) is 10.2 Å². The van der Waals surface area contributed by atoms with Crippen LogP contribution in [0, 0.1) is 12.7 Å². The van der Waals surface area contributed by atoms with Crippen LogP contribution >= 0.6 is 0 Å². The molecular weight excluding hydrogens is 275 g/mol. The number of anilines is 1. The summed E-state index contributed by atoms with van der Waals surface area (Å²) in [6.45, 7) is 4.31. The first-order valence-corrected chi connectivity index (χ1v) is 6.54. The number of halogens is 1. The Balaban J connectivity index is 2.17. The summed E-state index contributed by atoms with van der Waals surface area (Å²) in [4.78, 5) is 21.6. The van der Waals surface area contributed by atoms with Crippen molar-refractivity contribution in [2.45, 2.75) is 20.4 Å². The third kappa shape index (κ3) is 3.33. The van der Waals surface area contributed by atoms with E-state index in [4.69, 9.17) is 0 Å². The van der Waals surface area contributed by atoms with Gasteiger partial charge in [0.05, 0.1) is 12.1 Å². The molecule has 2 rings (SSSR count). The number of aryl methyl sites for hydroxylation is 1. The van der Waals surface area contributed by atoms with Gasteiger partial charge in [-0.25, -0.2) is 14.4 Å². The number of amides is 1. The molecule has 0 aliphatic heterocycles. The lowest BCUT2D eigenvalue weighted by atomic mass is 10.2. The number of rotatable bonds is 5. The minimum Gasteiger partial charge on any atom is -0.368 e. The fourth-order valence-electron chi connectivity index (χ4n) is 1.85. The molecule has 0 aromatic carbocycles. The van der Waals surface area contributed by atoms with Crippen molar-refractivity contribution in [1.82, 2.24) is 25.1 Å². The van der Waals surface area contributed by atoms with E-state index in [0.29, 0.717) is 18.2 Å². The fraction of sp³-hybridized carbons (Fsp3) is 0.385. The maximum atomic E-state index is 14.2. The summed E-state index contributed by atoms with van der Waals surface area (Å²) in [5.41, 5.74) is -0.0318. The molecule has 0 atom stereocenters. The summed E-state index contributed by atoms with van der Waals surface area (Å²) in [6, 6.07) is 1.36. The van der Waals surface area contributed by atoms with E-state index in [1.54, 1.807) is 14.0 Å². The van der Waals surface area contributed by atoms with Crippen molar-refractivity contribution in [1.29, 1.82) is 0 Å². The molecule has 0 spiro atoms. The van der Waals surface area contributed by atoms with Crippen LogP contribution in [0.5, 0.6) is 0 Å². The SMILES string of the molecule is CCNc1nccc(C(=O)N(C)Cc2n[nH]c(C)n2)c1F. The van der Waals surface area contributed by atoms with Crippen LogP contribution in [0.1, 0.15) is 28.9 Å². The van der Waals surface area contributed by atoms with Gasteiger partial charge in [-0.05, 0) is 19.9 Å². The smallest absolute Gasteiger partial charge is 0.257 e. The van der Waals surface area contributed by atoms with Crippen LogP contribution < -0.4 is 5.32 Å². The summed E-state index contributed by atoms with van der Waals surface area (Å²) in [6.07, 6.45) is 1.40. The third-order valence-corrected chi connectivity index (χ3v) is 2.83. The second-order valence-electron chi connectivity index (χ2n) is 4.55. The van der Waals surface area contributed by atoms with Gasteiger partial charge in [0, 0.05) is 19.8 Å². The predicted molar refractivity (Wildman–Crippen MR) is 75.3 cm³/mol. The third-order valence-electron chi connectivity index (χ3n) is 2.83. The Labute approximate surface area is 121 Å². The van der Waals surface area contributed by atoms with E-state index in [1.165, 1.54) is 17.2 Å². The Hall–Kier alpha value is -2.51. The zero-order chi connectivity index (χ0) is 15.4. The second kappa shape index (κ2) is 6.29. The molecule has 0 bridgehead atoms. The maximum absolute atomic E-state index is 14.2. The van der Waals surface area contributed by atoms with Crippen LogP contribution in [0.3, 0.4) is 0 Å². The Bertz CT molecular complexity index is 641. The number of pyridine rings is 1. The number of carbonyl (C=O) groups is 1. The number of aromatic nitrogens is 4. The average molecular weight is 292 g/mol. The molecular formula is C13H17FN6O. The molecule has 21 heavy (non-hydrogen) atoms. The first kappa shape index (κ1) is 14.9. The molecule has 2 aromatic heterocycles. The van der Waals surface area contributed by atoms with E-state index >= 15 is 0 Å². The molecule has 2 N–H and O–H groups in total. The van der Waals surface area contributed by atoms with Gasteiger partial charge in [0.1, 0.15) is 5.82 Å². The van der Waals surface area contributed by atoms with Gasteiger partial charge in [-0.1, -0.05) is 0 Å². The van der Waals surface area contributed by atoms with Crippen molar-refractivity contribution < 1.29 is 9.18 Å². The number of hydrogen-bond acceptors (Lipinski definition) is 5. The minimum atomic E-state index is -0.651. The van der Waals surface area contributed by atoms with Crippen molar-refractivity contribution in [2.75, 3.05) is 18.9 Å². The van der Waals surface area contributed by atoms with Gasteiger partial charge >= 0.3 is 0 Å². The molecule has 0 saturated heterocycles. The van der Waals surface area contributed by atoms with E-state index in [1.807, 2.05) is 6.92 Å². The van der Waals surface area contributed by atoms with Gasteiger partial charge in [0.2, 0.25) is 0 Å². The average Bonchev–Trinajstić information content (AvgIpc) is 2.86. The molecule has 2 heterocycles. The normalized spacial score (nSPS) is 10.5. The topological polar surface area (TPSA) is 86.8 Å². The number of hydrogen-bond donors (Lipinski definition) is 2. The van der Waals surface area contributed by atoms with Crippen molar-refractivity contribution >= 4 is 11.7 Å². The van der Waals surface area contributed by atoms with Crippen molar-refractivity contribution in [3.63, 3.8) is 0 Å². The quantitative estimate of drug-likeness (QED) is 0.868. The van der Waals surface area contributed by atoms with Crippen LogP contribution in [0.25, 0.3) is 0 Å². The number of nitrogens with one attached hydrogen (secondary N) is 2. The number of nitrogens with zero attached hydrogens (tertiary/aromatic N) is 4. The molecule has 0 unspecified atom stereocenters. The zero-order valence-corrected chi connectivity index (χ0v) is 12.1. The largest absolute Gasteiger partial charge is 0.368 e. The molecule has 8 heteroatoms. The summed E-state index contributed by atoms with van der Waals surface area (Å²) in [7, 11) is 1.57. The molecule has 2 aromatic rings. The predicted octanol–water partition coefficient (Wildman–Crippen LogP) is 1.35. The minimum absolute atomic E-state index is 0.0318. The van der Waals surface area contributed by atoms with Gasteiger partial charge in [0.25, 0.3) is 5.91 Å². The van der Waals surface area contributed by atoms with Crippen molar-refractivity contribution in [2.24, 2.45) is 0 Å². The molecule has 0 saturated carbocycles. The highest BCUT2D eigenvalue weighted by Gasteiger charge is 2.20. The Morgan fingerprint density at radius 2 is 2.29 bits per heavy atom. The van der Waals surface area contributed by atoms with Crippen LogP contribution in [-0.4, -0.2) is 44.6 Å².